The lowest BCUT2D eigenvalue weighted by atomic mass is 10.4. The van der Waals surface area contributed by atoms with Crippen LogP contribution in [0.2, 0.25) is 0 Å². The zero-order chi connectivity index (χ0) is 5.70. The van der Waals surface area contributed by atoms with E-state index in [0.717, 1.165) is 19.0 Å². The van der Waals surface area contributed by atoms with E-state index in [0.29, 0.717) is 0 Å². The topological polar surface area (TPSA) is 17.1 Å². The molecule has 0 heterocycles. The third-order valence-corrected chi connectivity index (χ3v) is 2.00. The molecule has 1 unspecified atom stereocenters. The van der Waals surface area contributed by atoms with E-state index in [4.69, 9.17) is 0 Å². The van der Waals surface area contributed by atoms with Crippen LogP contribution in [0.5, 0.6) is 0 Å². The fourth-order valence-corrected chi connectivity index (χ4v) is 1.30. The van der Waals surface area contributed by atoms with Gasteiger partial charge in [0.05, 0.1) is 0 Å². The molecule has 1 nitrogen and oxygen atoms in total. The molecular formula is C4H10OPS+. The van der Waals surface area contributed by atoms with Gasteiger partial charge in [0.25, 0.3) is 0 Å². The van der Waals surface area contributed by atoms with Gasteiger partial charge >= 0.3 is 7.00 Å². The van der Waals surface area contributed by atoms with E-state index < -0.39 is 7.00 Å². The predicted molar refractivity (Wildman–Crippen MR) is 36.4 cm³/mol. The summed E-state index contributed by atoms with van der Waals surface area (Å²) < 4.78 is 10.2. The van der Waals surface area contributed by atoms with Crippen molar-refractivity contribution in [2.24, 2.45) is 0 Å². The maximum Gasteiger partial charge on any atom is 0.407 e. The van der Waals surface area contributed by atoms with Crippen molar-refractivity contribution in [3.8, 4) is 0 Å². The molecule has 0 fully saturated rings. The minimum absolute atomic E-state index is 0.773. The number of hydrogen-bond donors (Lipinski definition) is 1. The Labute approximate surface area is 50.4 Å². The summed E-state index contributed by atoms with van der Waals surface area (Å²) in [5, 5.41) is 0. The molecule has 0 saturated carbocycles. The van der Waals surface area contributed by atoms with Crippen molar-refractivity contribution in [1.82, 2.24) is 0 Å². The molecule has 0 bridgehead atoms. The summed E-state index contributed by atoms with van der Waals surface area (Å²) in [6.07, 6.45) is 2.93. The summed E-state index contributed by atoms with van der Waals surface area (Å²) in [5.41, 5.74) is 0. The minimum Gasteiger partial charge on any atom is -0.0652 e. The van der Waals surface area contributed by atoms with Gasteiger partial charge in [-0.15, -0.1) is 0 Å². The van der Waals surface area contributed by atoms with Gasteiger partial charge < -0.3 is 0 Å². The molecule has 3 heteroatoms. The average Bonchev–Trinajstić information content (AvgIpc) is 1.61. The third-order valence-electron chi connectivity index (χ3n) is 0.703. The molecule has 0 aliphatic carbocycles. The molecule has 0 aliphatic rings. The van der Waals surface area contributed by atoms with Crippen molar-refractivity contribution < 1.29 is 4.57 Å². The van der Waals surface area contributed by atoms with Crippen molar-refractivity contribution in [2.75, 3.05) is 6.16 Å². The number of thiol groups is 1. The highest BCUT2D eigenvalue weighted by Gasteiger charge is 2.03. The van der Waals surface area contributed by atoms with E-state index in [1.165, 1.54) is 0 Å². The normalized spacial score (nSPS) is 11.4. The Morgan fingerprint density at radius 3 is 2.43 bits per heavy atom. The highest BCUT2D eigenvalue weighted by molar-refractivity contribution is 8.40. The van der Waals surface area contributed by atoms with Crippen LogP contribution in [-0.2, 0) is 4.57 Å². The number of unbranched alkanes of at least 4 members (excludes halogenated alkanes) is 1. The van der Waals surface area contributed by atoms with Gasteiger partial charge in [-0.1, -0.05) is 17.9 Å². The fraction of sp³-hybridized carbons (Fsp3) is 1.00. The van der Waals surface area contributed by atoms with Crippen LogP contribution in [0.4, 0.5) is 0 Å². The first-order chi connectivity index (χ1) is 3.27. The fourth-order valence-electron chi connectivity index (χ4n) is 0.293. The average molecular weight is 137 g/mol. The summed E-state index contributed by atoms with van der Waals surface area (Å²) in [5.74, 6) is 0. The highest BCUT2D eigenvalue weighted by atomic mass is 32.7. The maximum atomic E-state index is 10.2. The SMILES string of the molecule is CCCC[P+](=O)S. The van der Waals surface area contributed by atoms with Crippen molar-refractivity contribution in [2.45, 2.75) is 19.8 Å². The lowest BCUT2D eigenvalue weighted by molar-refractivity contribution is 0.594. The van der Waals surface area contributed by atoms with Crippen LogP contribution >= 0.6 is 19.3 Å². The van der Waals surface area contributed by atoms with Gasteiger partial charge in [-0.25, -0.2) is 0 Å². The van der Waals surface area contributed by atoms with Crippen molar-refractivity contribution in [1.29, 1.82) is 0 Å². The molecule has 0 saturated heterocycles. The van der Waals surface area contributed by atoms with Gasteiger partial charge in [0.15, 0.2) is 6.16 Å². The molecule has 0 aromatic heterocycles. The molecule has 0 rings (SSSR count). The Bertz CT molecular complexity index is 64.7. The molecule has 1 atom stereocenters. The largest absolute Gasteiger partial charge is 0.407 e. The molecule has 0 aromatic rings. The smallest absolute Gasteiger partial charge is 0.0652 e. The number of hydrogen-bond acceptors (Lipinski definition) is 1. The van der Waals surface area contributed by atoms with Crippen LogP contribution < -0.4 is 0 Å². The van der Waals surface area contributed by atoms with Crippen LogP contribution in [0.1, 0.15) is 19.8 Å². The third kappa shape index (κ3) is 6.45. The summed E-state index contributed by atoms with van der Waals surface area (Å²) in [4.78, 5) is 0. The molecule has 0 spiro atoms. The molecule has 0 aromatic carbocycles. The monoisotopic (exact) mass is 137 g/mol. The minimum atomic E-state index is -1.16. The standard InChI is InChI=1S/C4H9OPS/c1-2-3-4-6(5)7/h2-4H2,1H3/p+1. The van der Waals surface area contributed by atoms with Crippen LogP contribution in [0.15, 0.2) is 0 Å². The predicted octanol–water partition coefficient (Wildman–Crippen LogP) is 2.46. The van der Waals surface area contributed by atoms with Crippen LogP contribution in [-0.4, -0.2) is 6.16 Å². The van der Waals surface area contributed by atoms with Gasteiger partial charge in [-0.2, -0.15) is 0 Å². The Morgan fingerprint density at radius 2 is 2.29 bits per heavy atom. The summed E-state index contributed by atoms with van der Waals surface area (Å²) >= 11 is 3.74. The molecule has 0 N–H and O–H groups in total. The summed E-state index contributed by atoms with van der Waals surface area (Å²) in [6.45, 7) is 2.08. The summed E-state index contributed by atoms with van der Waals surface area (Å²) in [6, 6.07) is 0. The second-order valence-electron chi connectivity index (χ2n) is 1.43. The van der Waals surface area contributed by atoms with E-state index in [2.05, 4.69) is 19.2 Å². The van der Waals surface area contributed by atoms with E-state index in [9.17, 15) is 4.57 Å². The summed E-state index contributed by atoms with van der Waals surface area (Å²) in [7, 11) is -1.16. The Balaban J connectivity index is 2.82. The van der Waals surface area contributed by atoms with Gasteiger partial charge in [0.1, 0.15) is 12.2 Å². The lowest BCUT2D eigenvalue weighted by Gasteiger charge is -1.76. The molecule has 0 radical (unpaired) electrons. The molecule has 42 valence electrons. The highest BCUT2D eigenvalue weighted by Crippen LogP contribution is 2.26. The van der Waals surface area contributed by atoms with Gasteiger partial charge in [0, 0.05) is 0 Å². The van der Waals surface area contributed by atoms with Crippen molar-refractivity contribution >= 4 is 19.3 Å². The van der Waals surface area contributed by atoms with E-state index >= 15 is 0 Å². The lowest BCUT2D eigenvalue weighted by Crippen LogP contribution is -1.69. The Morgan fingerprint density at radius 1 is 1.71 bits per heavy atom. The zero-order valence-electron chi connectivity index (χ0n) is 4.42. The van der Waals surface area contributed by atoms with Gasteiger partial charge in [-0.05, 0) is 6.42 Å². The molecular weight excluding hydrogens is 127 g/mol. The second kappa shape index (κ2) is 4.61. The number of rotatable bonds is 3. The first kappa shape index (κ1) is 7.45. The molecule has 7 heavy (non-hydrogen) atoms. The van der Waals surface area contributed by atoms with Crippen molar-refractivity contribution in [3.63, 3.8) is 0 Å². The maximum absolute atomic E-state index is 10.2. The first-order valence-electron chi connectivity index (χ1n) is 2.41. The van der Waals surface area contributed by atoms with E-state index in [1.54, 1.807) is 0 Å². The van der Waals surface area contributed by atoms with Crippen LogP contribution in [0.25, 0.3) is 0 Å². The van der Waals surface area contributed by atoms with E-state index in [1.807, 2.05) is 0 Å². The zero-order valence-corrected chi connectivity index (χ0v) is 6.21. The Hall–Kier alpha value is 0.450. The van der Waals surface area contributed by atoms with Crippen molar-refractivity contribution in [3.05, 3.63) is 0 Å². The molecule has 0 amide bonds. The van der Waals surface area contributed by atoms with Gasteiger partial charge in [0.2, 0.25) is 0 Å². The van der Waals surface area contributed by atoms with Crippen LogP contribution in [0, 0.1) is 0 Å². The first-order valence-corrected chi connectivity index (χ1v) is 5.00. The quantitative estimate of drug-likeness (QED) is 0.467. The molecule has 0 aliphatic heterocycles. The van der Waals surface area contributed by atoms with Gasteiger partial charge in [-0.3, -0.25) is 0 Å². The van der Waals surface area contributed by atoms with Crippen LogP contribution in [0.3, 0.4) is 0 Å². The van der Waals surface area contributed by atoms with E-state index in [-0.39, 0.29) is 0 Å². The second-order valence-corrected chi connectivity index (χ2v) is 3.92. The Kier molecular flexibility index (Phi) is 4.90.